The van der Waals surface area contributed by atoms with Gasteiger partial charge in [-0.3, -0.25) is 4.79 Å². The van der Waals surface area contributed by atoms with E-state index in [9.17, 15) is 0 Å². The number of rotatable bonds is 3. The van der Waals surface area contributed by atoms with Gasteiger partial charge in [-0.05, 0) is 12.5 Å². The molecule has 108 valence electrons. The lowest BCUT2D eigenvalue weighted by atomic mass is 10.4. The van der Waals surface area contributed by atoms with Crippen LogP contribution in [0.1, 0.15) is 18.9 Å². The number of hydrogen-bond donors (Lipinski definition) is 2. The van der Waals surface area contributed by atoms with E-state index in [2.05, 4.69) is 40.6 Å². The zero-order valence-corrected chi connectivity index (χ0v) is 11.4. The van der Waals surface area contributed by atoms with E-state index in [1.54, 1.807) is 6.07 Å². The van der Waals surface area contributed by atoms with Crippen LogP contribution in [0.25, 0.3) is 0 Å². The second-order valence-electron chi connectivity index (χ2n) is 3.90. The minimum Gasteiger partial charge on any atom is -0.483 e. The third-order valence-corrected chi connectivity index (χ3v) is 2.21. The van der Waals surface area contributed by atoms with E-state index >= 15 is 0 Å². The van der Waals surface area contributed by atoms with Gasteiger partial charge in [0.15, 0.2) is 0 Å². The van der Waals surface area contributed by atoms with Crippen LogP contribution in [0.5, 0.6) is 0 Å². The fourth-order valence-corrected chi connectivity index (χ4v) is 1.40. The lowest BCUT2D eigenvalue weighted by Gasteiger charge is -2.16. The molecule has 6 nitrogen and oxygen atoms in total. The van der Waals surface area contributed by atoms with Crippen LogP contribution in [0.15, 0.2) is 35.4 Å². The summed E-state index contributed by atoms with van der Waals surface area (Å²) in [4.78, 5) is 12.8. The summed E-state index contributed by atoms with van der Waals surface area (Å²) in [5, 5.41) is 15.3. The van der Waals surface area contributed by atoms with Crippen LogP contribution >= 0.6 is 0 Å². The summed E-state index contributed by atoms with van der Waals surface area (Å²) in [5.74, 6) is 0. The normalized spacial score (nSPS) is 12.4. The summed E-state index contributed by atoms with van der Waals surface area (Å²) in [5.41, 5.74) is 0.819. The minimum atomic E-state index is -0.250. The standard InChI is InChI=1S/C7H14N2.C5H6O2.CH2O2/c1-3-4-9-6-5-8(2)7-9;6-3-5-1-2-7-4-5;2-1-3/h5-6H,3-4,7H2,1-2H3;1-2,4,6H,3H2;1H,(H,2,3). The molecule has 0 aromatic carbocycles. The van der Waals surface area contributed by atoms with Crippen LogP contribution in [0.4, 0.5) is 0 Å². The van der Waals surface area contributed by atoms with Gasteiger partial charge in [-0.15, -0.1) is 0 Å². The first kappa shape index (κ1) is 17.1. The average Bonchev–Trinajstić information content (AvgIpc) is 3.03. The van der Waals surface area contributed by atoms with Gasteiger partial charge in [-0.2, -0.15) is 0 Å². The highest BCUT2D eigenvalue weighted by molar-refractivity contribution is 5.32. The Morgan fingerprint density at radius 3 is 2.47 bits per heavy atom. The van der Waals surface area contributed by atoms with E-state index < -0.39 is 0 Å². The van der Waals surface area contributed by atoms with Crippen molar-refractivity contribution in [3.8, 4) is 0 Å². The van der Waals surface area contributed by atoms with E-state index in [4.69, 9.17) is 15.0 Å². The first-order chi connectivity index (χ1) is 9.17. The van der Waals surface area contributed by atoms with Crippen LogP contribution < -0.4 is 0 Å². The van der Waals surface area contributed by atoms with Crippen LogP contribution in [0.2, 0.25) is 0 Å². The Morgan fingerprint density at radius 1 is 1.47 bits per heavy atom. The van der Waals surface area contributed by atoms with E-state index in [0.29, 0.717) is 0 Å². The third-order valence-electron chi connectivity index (χ3n) is 2.21. The zero-order valence-electron chi connectivity index (χ0n) is 11.4. The van der Waals surface area contributed by atoms with Crippen molar-refractivity contribution >= 4 is 6.47 Å². The number of aliphatic hydroxyl groups is 1. The van der Waals surface area contributed by atoms with Crippen molar-refractivity contribution in [2.24, 2.45) is 0 Å². The van der Waals surface area contributed by atoms with Gasteiger partial charge in [-0.25, -0.2) is 0 Å². The van der Waals surface area contributed by atoms with Gasteiger partial charge in [0, 0.05) is 31.6 Å². The molecule has 0 aliphatic carbocycles. The molecule has 0 saturated carbocycles. The molecular weight excluding hydrogens is 248 g/mol. The molecule has 0 amide bonds. The third kappa shape index (κ3) is 8.73. The number of carboxylic acid groups (broad SMARTS) is 1. The quantitative estimate of drug-likeness (QED) is 0.811. The number of nitrogens with zero attached hydrogens (tertiary/aromatic N) is 2. The highest BCUT2D eigenvalue weighted by Gasteiger charge is 2.04. The van der Waals surface area contributed by atoms with Crippen molar-refractivity contribution < 1.29 is 19.4 Å². The van der Waals surface area contributed by atoms with E-state index in [0.717, 1.165) is 12.2 Å². The van der Waals surface area contributed by atoms with Crippen molar-refractivity contribution in [2.75, 3.05) is 20.3 Å². The predicted molar refractivity (Wildman–Crippen MR) is 72.1 cm³/mol. The molecule has 0 fully saturated rings. The Hall–Kier alpha value is -1.95. The summed E-state index contributed by atoms with van der Waals surface area (Å²) in [6.45, 7) is 4.26. The van der Waals surface area contributed by atoms with Crippen LogP contribution in [0, 0.1) is 0 Å². The van der Waals surface area contributed by atoms with E-state index in [1.165, 1.54) is 25.5 Å². The largest absolute Gasteiger partial charge is 0.483 e. The summed E-state index contributed by atoms with van der Waals surface area (Å²) < 4.78 is 4.65. The predicted octanol–water partition coefficient (Wildman–Crippen LogP) is 1.55. The maximum atomic E-state index is 8.37. The van der Waals surface area contributed by atoms with Gasteiger partial charge in [0.25, 0.3) is 6.47 Å². The monoisotopic (exact) mass is 270 g/mol. The molecule has 0 bridgehead atoms. The number of furan rings is 1. The molecule has 19 heavy (non-hydrogen) atoms. The van der Waals surface area contributed by atoms with E-state index in [1.807, 2.05) is 0 Å². The molecule has 0 radical (unpaired) electrons. The SMILES string of the molecule is CCCN1C=CN(C)C1.O=CO.OCc1ccoc1. The average molecular weight is 270 g/mol. The highest BCUT2D eigenvalue weighted by atomic mass is 16.3. The van der Waals surface area contributed by atoms with Crippen LogP contribution in [-0.2, 0) is 11.4 Å². The van der Waals surface area contributed by atoms with Crippen molar-refractivity contribution in [2.45, 2.75) is 20.0 Å². The Kier molecular flexibility index (Phi) is 10.0. The Morgan fingerprint density at radius 2 is 2.16 bits per heavy atom. The van der Waals surface area contributed by atoms with Gasteiger partial charge in [0.2, 0.25) is 0 Å². The van der Waals surface area contributed by atoms with Crippen molar-refractivity contribution in [3.05, 3.63) is 36.6 Å². The molecule has 2 heterocycles. The van der Waals surface area contributed by atoms with Crippen molar-refractivity contribution in [1.29, 1.82) is 0 Å². The smallest absolute Gasteiger partial charge is 0.290 e. The molecule has 1 aliphatic rings. The van der Waals surface area contributed by atoms with Crippen LogP contribution in [-0.4, -0.2) is 46.7 Å². The maximum Gasteiger partial charge on any atom is 0.290 e. The molecule has 1 aliphatic heterocycles. The first-order valence-electron chi connectivity index (χ1n) is 6.00. The molecule has 6 heteroatoms. The number of hydrogen-bond acceptors (Lipinski definition) is 5. The van der Waals surface area contributed by atoms with E-state index in [-0.39, 0.29) is 13.1 Å². The Bertz CT molecular complexity index is 338. The zero-order chi connectivity index (χ0) is 14.5. The van der Waals surface area contributed by atoms with Gasteiger partial charge >= 0.3 is 0 Å². The lowest BCUT2D eigenvalue weighted by molar-refractivity contribution is -0.122. The summed E-state index contributed by atoms with van der Waals surface area (Å²) in [7, 11) is 2.09. The molecule has 1 aromatic heterocycles. The van der Waals surface area contributed by atoms with Gasteiger partial charge in [0.05, 0.1) is 25.8 Å². The molecule has 2 rings (SSSR count). The fourth-order valence-electron chi connectivity index (χ4n) is 1.40. The highest BCUT2D eigenvalue weighted by Crippen LogP contribution is 2.02. The first-order valence-corrected chi connectivity index (χ1v) is 6.00. The summed E-state index contributed by atoms with van der Waals surface area (Å²) >= 11 is 0. The van der Waals surface area contributed by atoms with Gasteiger partial charge < -0.3 is 24.4 Å². The van der Waals surface area contributed by atoms with Crippen molar-refractivity contribution in [1.82, 2.24) is 9.80 Å². The molecular formula is C13H22N2O4. The minimum absolute atomic E-state index is 0.0660. The second-order valence-corrected chi connectivity index (χ2v) is 3.90. The summed E-state index contributed by atoms with van der Waals surface area (Å²) in [6.07, 6.45) is 8.53. The lowest BCUT2D eigenvalue weighted by Crippen LogP contribution is -2.22. The molecule has 1 aromatic rings. The van der Waals surface area contributed by atoms with Gasteiger partial charge in [0.1, 0.15) is 0 Å². The van der Waals surface area contributed by atoms with Gasteiger partial charge in [-0.1, -0.05) is 6.92 Å². The summed E-state index contributed by atoms with van der Waals surface area (Å²) in [6, 6.07) is 1.72. The molecule has 0 spiro atoms. The molecule has 0 unspecified atom stereocenters. The number of carbonyl (C=O) groups is 1. The second kappa shape index (κ2) is 11.2. The van der Waals surface area contributed by atoms with Crippen molar-refractivity contribution in [3.63, 3.8) is 0 Å². The topological polar surface area (TPSA) is 77.2 Å². The molecule has 0 saturated heterocycles. The molecule has 0 atom stereocenters. The maximum absolute atomic E-state index is 8.37. The molecule has 2 N–H and O–H groups in total. The fraction of sp³-hybridized carbons (Fsp3) is 0.462. The number of aliphatic hydroxyl groups excluding tert-OH is 1. The van der Waals surface area contributed by atoms with Crippen LogP contribution in [0.3, 0.4) is 0 Å². The Balaban J connectivity index is 0.000000289. The Labute approximate surface area is 113 Å².